The zero-order valence-electron chi connectivity index (χ0n) is 13.9. The van der Waals surface area contributed by atoms with Gasteiger partial charge >= 0.3 is 0 Å². The van der Waals surface area contributed by atoms with Crippen LogP contribution in [0.4, 0.5) is 0 Å². The highest BCUT2D eigenvalue weighted by Crippen LogP contribution is 2.16. The molecule has 1 N–H and O–H groups in total. The Labute approximate surface area is 141 Å². The minimum atomic E-state index is -0.0865. The topological polar surface area (TPSA) is 79.6 Å². The van der Waals surface area contributed by atoms with E-state index in [0.717, 1.165) is 43.7 Å². The van der Waals surface area contributed by atoms with E-state index in [1.807, 2.05) is 28.8 Å². The normalized spacial score (nSPS) is 17.9. The Balaban J connectivity index is 1.44. The predicted octanol–water partition coefficient (Wildman–Crippen LogP) is 1.04. The van der Waals surface area contributed by atoms with Crippen LogP contribution < -0.4 is 5.32 Å². The third-order valence-corrected chi connectivity index (χ3v) is 4.50. The highest BCUT2D eigenvalue weighted by Gasteiger charge is 2.26. The van der Waals surface area contributed by atoms with Gasteiger partial charge in [0.05, 0.1) is 5.92 Å². The second-order valence-electron chi connectivity index (χ2n) is 6.24. The molecule has 0 radical (unpaired) electrons. The molecule has 2 amide bonds. The summed E-state index contributed by atoms with van der Waals surface area (Å²) in [5.41, 5.74) is 0.836. The summed E-state index contributed by atoms with van der Waals surface area (Å²) in [4.78, 5) is 25.5. The highest BCUT2D eigenvalue weighted by molar-refractivity contribution is 5.80. The van der Waals surface area contributed by atoms with Crippen LogP contribution in [0.5, 0.6) is 0 Å². The fraction of sp³-hybridized carbons (Fsp3) is 0.529. The summed E-state index contributed by atoms with van der Waals surface area (Å²) in [6, 6.07) is 5.80. The number of nitrogens with zero attached hydrogens (tertiary/aromatic N) is 4. The maximum absolute atomic E-state index is 12.3. The number of nitrogens with one attached hydrogen (secondary N) is 1. The number of rotatable bonds is 5. The zero-order valence-corrected chi connectivity index (χ0v) is 13.9. The molecule has 0 bridgehead atoms. The number of pyridine rings is 1. The number of hydrogen-bond acceptors (Lipinski definition) is 4. The molecule has 3 rings (SSSR count). The lowest BCUT2D eigenvalue weighted by atomic mass is 9.97. The Morgan fingerprint density at radius 2 is 2.21 bits per heavy atom. The summed E-state index contributed by atoms with van der Waals surface area (Å²) >= 11 is 0. The van der Waals surface area contributed by atoms with E-state index in [-0.39, 0.29) is 17.7 Å². The van der Waals surface area contributed by atoms with Gasteiger partial charge in [-0.3, -0.25) is 14.0 Å². The van der Waals surface area contributed by atoms with Gasteiger partial charge in [0, 0.05) is 39.2 Å². The minimum Gasteiger partial charge on any atom is -0.356 e. The first-order chi connectivity index (χ1) is 11.6. The molecular weight excluding hydrogens is 306 g/mol. The Kier molecular flexibility index (Phi) is 5.08. The number of aromatic nitrogens is 3. The summed E-state index contributed by atoms with van der Waals surface area (Å²) in [6.07, 6.45) is 5.26. The van der Waals surface area contributed by atoms with Gasteiger partial charge in [-0.15, -0.1) is 10.2 Å². The van der Waals surface area contributed by atoms with Gasteiger partial charge < -0.3 is 10.2 Å². The average Bonchev–Trinajstić information content (AvgIpc) is 3.02. The van der Waals surface area contributed by atoms with Gasteiger partial charge in [0.1, 0.15) is 5.82 Å². The van der Waals surface area contributed by atoms with Crippen LogP contribution in [0, 0.1) is 5.92 Å². The lowest BCUT2D eigenvalue weighted by molar-refractivity contribution is -0.133. The molecule has 128 valence electrons. The molecule has 7 heteroatoms. The van der Waals surface area contributed by atoms with Crippen molar-refractivity contribution in [3.63, 3.8) is 0 Å². The van der Waals surface area contributed by atoms with Crippen molar-refractivity contribution >= 4 is 17.5 Å². The summed E-state index contributed by atoms with van der Waals surface area (Å²) in [5, 5.41) is 11.3. The zero-order chi connectivity index (χ0) is 16.9. The van der Waals surface area contributed by atoms with Crippen LogP contribution in [0.1, 0.15) is 32.0 Å². The molecule has 1 aliphatic rings. The van der Waals surface area contributed by atoms with E-state index in [2.05, 4.69) is 15.5 Å². The Morgan fingerprint density at radius 3 is 3.04 bits per heavy atom. The number of hydrogen-bond donors (Lipinski definition) is 1. The molecule has 0 aliphatic carbocycles. The van der Waals surface area contributed by atoms with Crippen molar-refractivity contribution in [3.05, 3.63) is 30.2 Å². The van der Waals surface area contributed by atoms with Crippen molar-refractivity contribution in [3.8, 4) is 0 Å². The maximum atomic E-state index is 12.3. The molecule has 1 fully saturated rings. The van der Waals surface area contributed by atoms with Gasteiger partial charge in [0.15, 0.2) is 5.65 Å². The van der Waals surface area contributed by atoms with Crippen molar-refractivity contribution < 1.29 is 9.59 Å². The Hall–Kier alpha value is -2.44. The number of carbonyl (C=O) groups excluding carboxylic acids is 2. The SMILES string of the molecule is CC(=O)N1CCCC(C(=O)NCCCc2nnc3ccccn23)C1. The molecular formula is C17H23N5O2. The number of piperidine rings is 1. The molecule has 3 heterocycles. The van der Waals surface area contributed by atoms with Crippen molar-refractivity contribution in [1.82, 2.24) is 24.8 Å². The van der Waals surface area contributed by atoms with Crippen molar-refractivity contribution in [2.75, 3.05) is 19.6 Å². The van der Waals surface area contributed by atoms with Gasteiger partial charge in [0.2, 0.25) is 11.8 Å². The van der Waals surface area contributed by atoms with Crippen LogP contribution in [-0.2, 0) is 16.0 Å². The van der Waals surface area contributed by atoms with Crippen LogP contribution in [-0.4, -0.2) is 50.9 Å². The quantitative estimate of drug-likeness (QED) is 0.831. The molecule has 1 aliphatic heterocycles. The summed E-state index contributed by atoms with van der Waals surface area (Å²) in [5.74, 6) is 0.912. The smallest absolute Gasteiger partial charge is 0.224 e. The predicted molar refractivity (Wildman–Crippen MR) is 89.3 cm³/mol. The van der Waals surface area contributed by atoms with Crippen LogP contribution in [0.2, 0.25) is 0 Å². The number of amides is 2. The molecule has 2 aromatic heterocycles. The molecule has 1 atom stereocenters. The van der Waals surface area contributed by atoms with E-state index in [1.165, 1.54) is 0 Å². The molecule has 0 spiro atoms. The number of aryl methyl sites for hydroxylation is 1. The number of likely N-dealkylation sites (tertiary alicyclic amines) is 1. The van der Waals surface area contributed by atoms with E-state index in [0.29, 0.717) is 13.1 Å². The fourth-order valence-corrected chi connectivity index (χ4v) is 3.14. The van der Waals surface area contributed by atoms with Crippen molar-refractivity contribution in [2.45, 2.75) is 32.6 Å². The van der Waals surface area contributed by atoms with E-state index in [9.17, 15) is 9.59 Å². The van der Waals surface area contributed by atoms with Crippen LogP contribution in [0.25, 0.3) is 5.65 Å². The van der Waals surface area contributed by atoms with E-state index in [4.69, 9.17) is 0 Å². The molecule has 24 heavy (non-hydrogen) atoms. The molecule has 1 saturated heterocycles. The summed E-state index contributed by atoms with van der Waals surface area (Å²) in [7, 11) is 0. The second kappa shape index (κ2) is 7.42. The monoisotopic (exact) mass is 329 g/mol. The van der Waals surface area contributed by atoms with Crippen molar-refractivity contribution in [1.29, 1.82) is 0 Å². The summed E-state index contributed by atoms with van der Waals surface area (Å²) < 4.78 is 1.97. The van der Waals surface area contributed by atoms with E-state index >= 15 is 0 Å². The van der Waals surface area contributed by atoms with Gasteiger partial charge in [0.25, 0.3) is 0 Å². The lowest BCUT2D eigenvalue weighted by Gasteiger charge is -2.31. The van der Waals surface area contributed by atoms with Gasteiger partial charge in [-0.1, -0.05) is 6.07 Å². The van der Waals surface area contributed by atoms with Crippen LogP contribution >= 0.6 is 0 Å². The lowest BCUT2D eigenvalue weighted by Crippen LogP contribution is -2.44. The largest absolute Gasteiger partial charge is 0.356 e. The summed E-state index contributed by atoms with van der Waals surface area (Å²) in [6.45, 7) is 3.47. The van der Waals surface area contributed by atoms with Gasteiger partial charge in [-0.25, -0.2) is 0 Å². The first-order valence-corrected chi connectivity index (χ1v) is 8.47. The first-order valence-electron chi connectivity index (χ1n) is 8.47. The second-order valence-corrected chi connectivity index (χ2v) is 6.24. The molecule has 0 aromatic carbocycles. The first kappa shape index (κ1) is 16.4. The number of fused-ring (bicyclic) bond motifs is 1. The van der Waals surface area contributed by atoms with Crippen LogP contribution in [0.3, 0.4) is 0 Å². The minimum absolute atomic E-state index is 0.0474. The van der Waals surface area contributed by atoms with Gasteiger partial charge in [-0.05, 0) is 31.4 Å². The van der Waals surface area contributed by atoms with Crippen LogP contribution in [0.15, 0.2) is 24.4 Å². The average molecular weight is 329 g/mol. The van der Waals surface area contributed by atoms with Crippen molar-refractivity contribution in [2.24, 2.45) is 5.92 Å². The third kappa shape index (κ3) is 3.72. The Morgan fingerprint density at radius 1 is 1.33 bits per heavy atom. The van der Waals surface area contributed by atoms with Gasteiger partial charge in [-0.2, -0.15) is 0 Å². The Bertz CT molecular complexity index is 727. The maximum Gasteiger partial charge on any atom is 0.224 e. The fourth-order valence-electron chi connectivity index (χ4n) is 3.14. The van der Waals surface area contributed by atoms with E-state index in [1.54, 1.807) is 11.8 Å². The highest BCUT2D eigenvalue weighted by atomic mass is 16.2. The third-order valence-electron chi connectivity index (χ3n) is 4.50. The number of carbonyl (C=O) groups is 2. The molecule has 2 aromatic rings. The molecule has 0 saturated carbocycles. The molecule has 7 nitrogen and oxygen atoms in total. The van der Waals surface area contributed by atoms with E-state index < -0.39 is 0 Å². The molecule has 1 unspecified atom stereocenters. The standard InChI is InChI=1S/C17H23N5O2/c1-13(23)21-10-5-6-14(12-21)17(24)18-9-4-8-16-20-19-15-7-2-3-11-22(15)16/h2-3,7,11,14H,4-6,8-10,12H2,1H3,(H,18,24).